The van der Waals surface area contributed by atoms with Crippen LogP contribution < -0.4 is 5.56 Å². The second-order valence-electron chi connectivity index (χ2n) is 8.73. The SMILES string of the molecule is Cc1ccc2nc(CSc3nnc(C(C)N4CCCCC4)n3-c3ccc(F)cc3)cc(=O)n2c1. The van der Waals surface area contributed by atoms with Gasteiger partial charge in [0, 0.05) is 23.7 Å². The number of piperidine rings is 1. The number of aryl methyl sites for hydroxylation is 1. The maximum absolute atomic E-state index is 13.6. The highest BCUT2D eigenvalue weighted by Gasteiger charge is 2.25. The van der Waals surface area contributed by atoms with Crippen molar-refractivity contribution < 1.29 is 4.39 Å². The van der Waals surface area contributed by atoms with Crippen molar-refractivity contribution in [3.8, 4) is 5.69 Å². The summed E-state index contributed by atoms with van der Waals surface area (Å²) in [7, 11) is 0. The van der Waals surface area contributed by atoms with Crippen LogP contribution in [0.25, 0.3) is 11.3 Å². The molecule has 0 amide bonds. The van der Waals surface area contributed by atoms with Crippen molar-refractivity contribution in [1.82, 2.24) is 29.0 Å². The average Bonchev–Trinajstić information content (AvgIpc) is 3.27. The van der Waals surface area contributed by atoms with Crippen LogP contribution in [0, 0.1) is 12.7 Å². The second kappa shape index (κ2) is 9.68. The largest absolute Gasteiger partial charge is 0.294 e. The van der Waals surface area contributed by atoms with Crippen molar-refractivity contribution in [2.75, 3.05) is 13.1 Å². The van der Waals surface area contributed by atoms with Gasteiger partial charge in [-0.05, 0) is 75.7 Å². The molecule has 0 radical (unpaired) electrons. The molecule has 4 heterocycles. The lowest BCUT2D eigenvalue weighted by Gasteiger charge is -2.31. The standard InChI is InChI=1S/C25H27FN6OS/c1-17-6-11-22-27-20(14-23(33)31(22)15-17)16-34-25-29-28-24(18(2)30-12-4-3-5-13-30)32(25)21-9-7-19(26)8-10-21/h6-11,14-15,18H,3-5,12-13,16H2,1-2H3. The number of hydrogen-bond donors (Lipinski definition) is 0. The van der Waals surface area contributed by atoms with Crippen molar-refractivity contribution in [2.45, 2.75) is 50.1 Å². The van der Waals surface area contributed by atoms with Crippen LogP contribution >= 0.6 is 11.8 Å². The van der Waals surface area contributed by atoms with Gasteiger partial charge in [-0.1, -0.05) is 24.2 Å². The van der Waals surface area contributed by atoms with E-state index >= 15 is 0 Å². The Morgan fingerprint density at radius 2 is 1.82 bits per heavy atom. The molecule has 7 nitrogen and oxygen atoms in total. The van der Waals surface area contributed by atoms with Gasteiger partial charge < -0.3 is 0 Å². The highest BCUT2D eigenvalue weighted by Crippen LogP contribution is 2.30. The Morgan fingerprint density at radius 1 is 1.06 bits per heavy atom. The van der Waals surface area contributed by atoms with Crippen LogP contribution in [0.2, 0.25) is 0 Å². The molecule has 1 atom stereocenters. The molecule has 34 heavy (non-hydrogen) atoms. The average molecular weight is 479 g/mol. The fraction of sp³-hybridized carbons (Fsp3) is 0.360. The summed E-state index contributed by atoms with van der Waals surface area (Å²) in [6.45, 7) is 6.16. The summed E-state index contributed by atoms with van der Waals surface area (Å²) < 4.78 is 17.2. The lowest BCUT2D eigenvalue weighted by Crippen LogP contribution is -2.33. The number of pyridine rings is 1. The van der Waals surface area contributed by atoms with E-state index in [1.54, 1.807) is 28.8 Å². The number of likely N-dealkylation sites (tertiary alicyclic amines) is 1. The predicted molar refractivity (Wildman–Crippen MR) is 131 cm³/mol. The van der Waals surface area contributed by atoms with E-state index in [2.05, 4.69) is 27.0 Å². The minimum atomic E-state index is -0.285. The van der Waals surface area contributed by atoms with Crippen LogP contribution in [-0.2, 0) is 5.75 Å². The molecule has 1 saturated heterocycles. The Kier molecular flexibility index (Phi) is 6.47. The van der Waals surface area contributed by atoms with Crippen molar-refractivity contribution >= 4 is 17.4 Å². The van der Waals surface area contributed by atoms with E-state index in [0.717, 1.165) is 30.2 Å². The Balaban J connectivity index is 1.47. The molecule has 0 aliphatic carbocycles. The van der Waals surface area contributed by atoms with Crippen LogP contribution in [-0.4, -0.2) is 42.1 Å². The van der Waals surface area contributed by atoms with Gasteiger partial charge in [-0.25, -0.2) is 9.37 Å². The van der Waals surface area contributed by atoms with Crippen LogP contribution in [0.3, 0.4) is 0 Å². The first-order valence-corrected chi connectivity index (χ1v) is 12.6. The first-order chi connectivity index (χ1) is 16.5. The molecule has 1 aliphatic heterocycles. The van der Waals surface area contributed by atoms with Gasteiger partial charge in [0.2, 0.25) is 0 Å². The zero-order valence-corrected chi connectivity index (χ0v) is 20.1. The molecule has 9 heteroatoms. The lowest BCUT2D eigenvalue weighted by atomic mass is 10.1. The fourth-order valence-electron chi connectivity index (χ4n) is 4.42. The summed E-state index contributed by atoms with van der Waals surface area (Å²) in [5.74, 6) is 1.02. The number of rotatable bonds is 6. The smallest absolute Gasteiger partial charge is 0.258 e. The fourth-order valence-corrected chi connectivity index (χ4v) is 5.27. The van der Waals surface area contributed by atoms with Crippen LogP contribution in [0.4, 0.5) is 4.39 Å². The quantitative estimate of drug-likeness (QED) is 0.379. The summed E-state index contributed by atoms with van der Waals surface area (Å²) in [4.78, 5) is 19.7. The Bertz CT molecular complexity index is 1360. The zero-order valence-electron chi connectivity index (χ0n) is 19.3. The number of hydrogen-bond acceptors (Lipinski definition) is 6. The number of benzene rings is 1. The Hall–Kier alpha value is -3.04. The zero-order chi connectivity index (χ0) is 23.7. The third kappa shape index (κ3) is 4.63. The number of halogens is 1. The van der Waals surface area contributed by atoms with Gasteiger partial charge in [0.15, 0.2) is 11.0 Å². The van der Waals surface area contributed by atoms with Crippen molar-refractivity contribution in [3.05, 3.63) is 81.9 Å². The number of thioether (sulfide) groups is 1. The molecule has 0 N–H and O–H groups in total. The highest BCUT2D eigenvalue weighted by molar-refractivity contribution is 7.98. The van der Waals surface area contributed by atoms with Crippen LogP contribution in [0.5, 0.6) is 0 Å². The predicted octanol–water partition coefficient (Wildman–Crippen LogP) is 4.56. The maximum Gasteiger partial charge on any atom is 0.258 e. The third-order valence-corrected chi connectivity index (χ3v) is 7.23. The van der Waals surface area contributed by atoms with Crippen LogP contribution in [0.15, 0.2) is 58.6 Å². The highest BCUT2D eigenvalue weighted by atomic mass is 32.2. The molecule has 1 aromatic carbocycles. The van der Waals surface area contributed by atoms with Crippen LogP contribution in [0.1, 0.15) is 49.3 Å². The molecular weight excluding hydrogens is 451 g/mol. The van der Waals surface area contributed by atoms with E-state index in [1.807, 2.05) is 23.6 Å². The van der Waals surface area contributed by atoms with Gasteiger partial charge in [-0.3, -0.25) is 18.7 Å². The minimum Gasteiger partial charge on any atom is -0.294 e. The molecule has 0 bridgehead atoms. The van der Waals surface area contributed by atoms with E-state index in [-0.39, 0.29) is 17.4 Å². The number of aromatic nitrogens is 5. The molecule has 4 aromatic rings. The monoisotopic (exact) mass is 478 g/mol. The number of nitrogens with zero attached hydrogens (tertiary/aromatic N) is 6. The molecule has 1 aliphatic rings. The minimum absolute atomic E-state index is 0.0823. The summed E-state index contributed by atoms with van der Waals surface area (Å²) in [5.41, 5.74) is 3.01. The molecule has 1 fully saturated rings. The molecule has 3 aromatic heterocycles. The van der Waals surface area contributed by atoms with Crippen molar-refractivity contribution in [3.63, 3.8) is 0 Å². The molecule has 1 unspecified atom stereocenters. The molecular formula is C25H27FN6OS. The van der Waals surface area contributed by atoms with Gasteiger partial charge in [0.1, 0.15) is 11.5 Å². The normalized spacial score (nSPS) is 15.6. The molecule has 5 rings (SSSR count). The van der Waals surface area contributed by atoms with Gasteiger partial charge >= 0.3 is 0 Å². The number of fused-ring (bicyclic) bond motifs is 1. The van der Waals surface area contributed by atoms with Gasteiger partial charge in [-0.15, -0.1) is 10.2 Å². The van der Waals surface area contributed by atoms with Gasteiger partial charge in [-0.2, -0.15) is 0 Å². The van der Waals surface area contributed by atoms with Crippen molar-refractivity contribution in [2.24, 2.45) is 0 Å². The summed E-state index contributed by atoms with van der Waals surface area (Å²) in [6, 6.07) is 11.8. The van der Waals surface area contributed by atoms with E-state index < -0.39 is 0 Å². The van der Waals surface area contributed by atoms with E-state index in [9.17, 15) is 9.18 Å². The molecule has 176 valence electrons. The van der Waals surface area contributed by atoms with Gasteiger partial charge in [0.05, 0.1) is 11.7 Å². The molecule has 0 spiro atoms. The summed E-state index contributed by atoms with van der Waals surface area (Å²) in [6.07, 6.45) is 5.41. The molecule has 0 saturated carbocycles. The van der Waals surface area contributed by atoms with E-state index in [1.165, 1.54) is 43.2 Å². The topological polar surface area (TPSA) is 68.3 Å². The van der Waals surface area contributed by atoms with E-state index in [0.29, 0.717) is 22.3 Å². The first-order valence-electron chi connectivity index (χ1n) is 11.6. The maximum atomic E-state index is 13.6. The third-order valence-electron chi connectivity index (χ3n) is 6.26. The summed E-state index contributed by atoms with van der Waals surface area (Å²) >= 11 is 1.47. The van der Waals surface area contributed by atoms with E-state index in [4.69, 9.17) is 0 Å². The summed E-state index contributed by atoms with van der Waals surface area (Å²) in [5, 5.41) is 9.73. The Labute approximate surface area is 201 Å². The Morgan fingerprint density at radius 3 is 2.59 bits per heavy atom. The van der Waals surface area contributed by atoms with Gasteiger partial charge in [0.25, 0.3) is 5.56 Å². The second-order valence-corrected chi connectivity index (χ2v) is 9.68. The lowest BCUT2D eigenvalue weighted by molar-refractivity contribution is 0.167. The first kappa shape index (κ1) is 22.7. The van der Waals surface area contributed by atoms with Crippen molar-refractivity contribution in [1.29, 1.82) is 0 Å².